The summed E-state index contributed by atoms with van der Waals surface area (Å²) in [6, 6.07) is 14.4. The fourth-order valence-electron chi connectivity index (χ4n) is 3.88. The van der Waals surface area contributed by atoms with E-state index >= 15 is 0 Å². The summed E-state index contributed by atoms with van der Waals surface area (Å²) in [7, 11) is 0. The number of aryl methyl sites for hydroxylation is 1. The number of benzene rings is 2. The van der Waals surface area contributed by atoms with Crippen molar-refractivity contribution in [3.8, 4) is 5.75 Å². The van der Waals surface area contributed by atoms with Crippen LogP contribution in [0.5, 0.6) is 5.75 Å². The van der Waals surface area contributed by atoms with E-state index in [4.69, 9.17) is 25.8 Å². The number of allylic oxidation sites excluding steroid dienone is 1. The van der Waals surface area contributed by atoms with Gasteiger partial charge < -0.3 is 14.2 Å². The molecule has 0 bridgehead atoms. The number of carbonyl (C=O) groups is 2. The number of rotatable bonds is 5. The minimum absolute atomic E-state index is 0.0679. The van der Waals surface area contributed by atoms with E-state index in [0.29, 0.717) is 35.6 Å². The van der Waals surface area contributed by atoms with Crippen LogP contribution in [0.4, 0.5) is 0 Å². The molecule has 6 heteroatoms. The highest BCUT2D eigenvalue weighted by molar-refractivity contribution is 6.33. The van der Waals surface area contributed by atoms with Gasteiger partial charge in [-0.2, -0.15) is 0 Å². The first-order valence-corrected chi connectivity index (χ1v) is 10.5. The highest BCUT2D eigenvalue weighted by Gasteiger charge is 2.42. The Kier molecular flexibility index (Phi) is 6.09. The molecule has 156 valence electrons. The van der Waals surface area contributed by atoms with E-state index in [-0.39, 0.29) is 29.7 Å². The number of ether oxygens (including phenoxy) is 3. The number of Topliss-reactive ketones (excluding diaryl/α,β-unsaturated/α-hetero) is 1. The highest BCUT2D eigenvalue weighted by Crippen LogP contribution is 2.35. The average molecular weight is 427 g/mol. The molecule has 1 saturated carbocycles. The molecule has 0 spiro atoms. The van der Waals surface area contributed by atoms with Crippen LogP contribution in [0.3, 0.4) is 0 Å². The van der Waals surface area contributed by atoms with Gasteiger partial charge in [-0.05, 0) is 49.1 Å². The molecule has 1 aliphatic heterocycles. The molecule has 2 aromatic carbocycles. The molecule has 3 unspecified atom stereocenters. The maximum atomic E-state index is 12.9. The van der Waals surface area contributed by atoms with Crippen molar-refractivity contribution in [1.29, 1.82) is 0 Å². The highest BCUT2D eigenvalue weighted by atomic mass is 35.5. The third-order valence-electron chi connectivity index (χ3n) is 5.60. The van der Waals surface area contributed by atoms with Gasteiger partial charge in [-0.1, -0.05) is 42.8 Å². The van der Waals surface area contributed by atoms with Gasteiger partial charge in [0.15, 0.2) is 0 Å². The summed E-state index contributed by atoms with van der Waals surface area (Å²) in [5.74, 6) is 0.00127. The van der Waals surface area contributed by atoms with Gasteiger partial charge in [0, 0.05) is 6.42 Å². The quantitative estimate of drug-likeness (QED) is 0.621. The predicted molar refractivity (Wildman–Crippen MR) is 112 cm³/mol. The van der Waals surface area contributed by atoms with Crippen LogP contribution in [-0.4, -0.2) is 24.0 Å². The second-order valence-electron chi connectivity index (χ2n) is 7.55. The van der Waals surface area contributed by atoms with Crippen LogP contribution in [0.2, 0.25) is 5.02 Å². The summed E-state index contributed by atoms with van der Waals surface area (Å²) in [6.45, 7) is 2.08. The molecular formula is C24H23ClO5. The second-order valence-corrected chi connectivity index (χ2v) is 7.95. The van der Waals surface area contributed by atoms with E-state index < -0.39 is 5.97 Å². The zero-order chi connectivity index (χ0) is 21.1. The van der Waals surface area contributed by atoms with Crippen molar-refractivity contribution in [2.24, 2.45) is 5.92 Å². The lowest BCUT2D eigenvalue weighted by Gasteiger charge is -2.36. The Morgan fingerprint density at radius 3 is 2.63 bits per heavy atom. The Balaban J connectivity index is 1.38. The van der Waals surface area contributed by atoms with Crippen molar-refractivity contribution >= 4 is 23.4 Å². The smallest absolute Gasteiger partial charge is 0.339 e. The minimum atomic E-state index is -0.457. The van der Waals surface area contributed by atoms with Crippen LogP contribution in [0.25, 0.3) is 0 Å². The Morgan fingerprint density at radius 2 is 1.90 bits per heavy atom. The lowest BCUT2D eigenvalue weighted by molar-refractivity contribution is -0.132. The maximum absolute atomic E-state index is 12.9. The Morgan fingerprint density at radius 1 is 1.13 bits per heavy atom. The SMILES string of the molecule is CCc1ccc(OC2=COC3CC(OC(=O)c4ccccc4Cl)CCC3C2=O)cc1. The van der Waals surface area contributed by atoms with Gasteiger partial charge in [-0.15, -0.1) is 0 Å². The minimum Gasteiger partial charge on any atom is -0.493 e. The molecule has 1 heterocycles. The fraction of sp³-hybridized carbons (Fsp3) is 0.333. The van der Waals surface area contributed by atoms with Gasteiger partial charge in [0.2, 0.25) is 11.5 Å². The number of hydrogen-bond donors (Lipinski definition) is 0. The lowest BCUT2D eigenvalue weighted by Crippen LogP contribution is -2.43. The van der Waals surface area contributed by atoms with E-state index in [1.807, 2.05) is 24.3 Å². The predicted octanol–water partition coefficient (Wildman–Crippen LogP) is 5.12. The van der Waals surface area contributed by atoms with Crippen LogP contribution in [0.1, 0.15) is 42.1 Å². The molecule has 0 N–H and O–H groups in total. The van der Waals surface area contributed by atoms with E-state index in [2.05, 4.69) is 6.92 Å². The van der Waals surface area contributed by atoms with Crippen LogP contribution >= 0.6 is 11.6 Å². The number of fused-ring (bicyclic) bond motifs is 1. The number of esters is 1. The Hall–Kier alpha value is -2.79. The molecule has 30 heavy (non-hydrogen) atoms. The van der Waals surface area contributed by atoms with Gasteiger partial charge >= 0.3 is 5.97 Å². The van der Waals surface area contributed by atoms with Crippen LogP contribution < -0.4 is 4.74 Å². The van der Waals surface area contributed by atoms with Crippen molar-refractivity contribution in [1.82, 2.24) is 0 Å². The molecule has 0 aromatic heterocycles. The second kappa shape index (κ2) is 8.92. The molecule has 3 atom stereocenters. The summed E-state index contributed by atoms with van der Waals surface area (Å²) < 4.78 is 17.2. The van der Waals surface area contributed by atoms with Crippen molar-refractivity contribution < 1.29 is 23.8 Å². The normalized spacial score (nSPS) is 23.1. The van der Waals surface area contributed by atoms with Crippen molar-refractivity contribution in [3.05, 3.63) is 76.7 Å². The molecule has 0 saturated heterocycles. The van der Waals surface area contributed by atoms with Crippen molar-refractivity contribution in [3.63, 3.8) is 0 Å². The number of carbonyl (C=O) groups excluding carboxylic acids is 2. The first-order valence-electron chi connectivity index (χ1n) is 10.2. The van der Waals surface area contributed by atoms with Crippen molar-refractivity contribution in [2.45, 2.75) is 44.8 Å². The van der Waals surface area contributed by atoms with Gasteiger partial charge in [-0.3, -0.25) is 4.79 Å². The first-order chi connectivity index (χ1) is 14.5. The third-order valence-corrected chi connectivity index (χ3v) is 5.93. The summed E-state index contributed by atoms with van der Waals surface area (Å²) in [5, 5.41) is 0.358. The molecule has 5 nitrogen and oxygen atoms in total. The number of halogens is 1. The molecule has 2 aliphatic rings. The van der Waals surface area contributed by atoms with Gasteiger partial charge in [-0.25, -0.2) is 4.79 Å². The molecule has 2 aromatic rings. The fourth-order valence-corrected chi connectivity index (χ4v) is 4.09. The summed E-state index contributed by atoms with van der Waals surface area (Å²) in [6.07, 6.45) is 3.30. The van der Waals surface area contributed by atoms with Crippen LogP contribution in [-0.2, 0) is 20.7 Å². The maximum Gasteiger partial charge on any atom is 0.339 e. The Labute approximate surface area is 180 Å². The standard InChI is InChI=1S/C24H23ClO5/c1-2-15-7-9-16(10-8-15)29-22-14-28-21-13-17(11-12-19(21)23(22)26)30-24(27)18-5-3-4-6-20(18)25/h3-10,14,17,19,21H,2,11-13H2,1H3. The monoisotopic (exact) mass is 426 g/mol. The van der Waals surface area contributed by atoms with Gasteiger partial charge in [0.1, 0.15) is 24.2 Å². The molecule has 1 aliphatic carbocycles. The lowest BCUT2D eigenvalue weighted by atomic mass is 9.80. The van der Waals surface area contributed by atoms with Gasteiger partial charge in [0.05, 0.1) is 16.5 Å². The summed E-state index contributed by atoms with van der Waals surface area (Å²) >= 11 is 6.07. The third kappa shape index (κ3) is 4.36. The van der Waals surface area contributed by atoms with Crippen LogP contribution in [0, 0.1) is 5.92 Å². The van der Waals surface area contributed by atoms with Crippen LogP contribution in [0.15, 0.2) is 60.6 Å². The van der Waals surface area contributed by atoms with Gasteiger partial charge in [0.25, 0.3) is 0 Å². The molecule has 4 rings (SSSR count). The molecule has 0 radical (unpaired) electrons. The molecule has 0 amide bonds. The number of ketones is 1. The largest absolute Gasteiger partial charge is 0.493 e. The summed E-state index contributed by atoms with van der Waals surface area (Å²) in [4.78, 5) is 25.3. The molecule has 1 fully saturated rings. The van der Waals surface area contributed by atoms with E-state index in [1.54, 1.807) is 24.3 Å². The Bertz CT molecular complexity index is 966. The summed E-state index contributed by atoms with van der Waals surface area (Å²) in [5.41, 5.74) is 1.54. The van der Waals surface area contributed by atoms with E-state index in [0.717, 1.165) is 6.42 Å². The zero-order valence-corrected chi connectivity index (χ0v) is 17.4. The molecular weight excluding hydrogens is 404 g/mol. The topological polar surface area (TPSA) is 61.8 Å². The first kappa shape index (κ1) is 20.5. The van der Waals surface area contributed by atoms with E-state index in [1.165, 1.54) is 11.8 Å². The van der Waals surface area contributed by atoms with E-state index in [9.17, 15) is 9.59 Å². The number of hydrogen-bond acceptors (Lipinski definition) is 5. The van der Waals surface area contributed by atoms with Crippen molar-refractivity contribution in [2.75, 3.05) is 0 Å². The average Bonchev–Trinajstić information content (AvgIpc) is 2.76. The zero-order valence-electron chi connectivity index (χ0n) is 16.7.